The van der Waals surface area contributed by atoms with Gasteiger partial charge in [-0.15, -0.1) is 0 Å². The van der Waals surface area contributed by atoms with Crippen LogP contribution in [0.4, 0.5) is 0 Å². The first-order chi connectivity index (χ1) is 5.00. The molecular weight excluding hydrogens is 134 g/mol. The van der Waals surface area contributed by atoms with Gasteiger partial charge in [0.25, 0.3) is 0 Å². The third-order valence-electron chi connectivity index (χ3n) is 2.94. The molecule has 0 amide bonds. The lowest BCUT2D eigenvalue weighted by Gasteiger charge is -2.36. The molecule has 1 aliphatic rings. The fourth-order valence-electron chi connectivity index (χ4n) is 2.01. The number of nitrogens with two attached hydrogens (primary N) is 1. The highest BCUT2D eigenvalue weighted by molar-refractivity contribution is 4.82. The van der Waals surface area contributed by atoms with Gasteiger partial charge >= 0.3 is 0 Å². The molecule has 1 fully saturated rings. The van der Waals surface area contributed by atoms with Crippen LogP contribution >= 0.6 is 0 Å². The van der Waals surface area contributed by atoms with Crippen LogP contribution in [0.2, 0.25) is 0 Å². The third kappa shape index (κ3) is 2.48. The summed E-state index contributed by atoms with van der Waals surface area (Å²) < 4.78 is 0. The van der Waals surface area contributed by atoms with Crippen molar-refractivity contribution in [1.29, 1.82) is 0 Å². The lowest BCUT2D eigenvalue weighted by atomic mass is 9.71. The van der Waals surface area contributed by atoms with E-state index in [0.29, 0.717) is 11.5 Å². The first kappa shape index (κ1) is 9.05. The monoisotopic (exact) mass is 155 g/mol. The molecule has 0 aromatic heterocycles. The van der Waals surface area contributed by atoms with Gasteiger partial charge < -0.3 is 5.73 Å². The molecule has 2 N–H and O–H groups in total. The van der Waals surface area contributed by atoms with E-state index >= 15 is 0 Å². The highest BCUT2D eigenvalue weighted by atomic mass is 14.6. The highest BCUT2D eigenvalue weighted by Gasteiger charge is 2.28. The number of rotatable bonds is 0. The number of hydrogen-bond donors (Lipinski definition) is 1. The van der Waals surface area contributed by atoms with Crippen LogP contribution in [-0.2, 0) is 0 Å². The van der Waals surface area contributed by atoms with Crippen molar-refractivity contribution < 1.29 is 0 Å². The van der Waals surface area contributed by atoms with Crippen LogP contribution in [0.3, 0.4) is 0 Å². The molecule has 2 unspecified atom stereocenters. The second-order valence-electron chi connectivity index (χ2n) is 4.99. The van der Waals surface area contributed by atoms with Crippen LogP contribution < -0.4 is 5.73 Å². The van der Waals surface area contributed by atoms with Crippen molar-refractivity contribution in [3.8, 4) is 0 Å². The van der Waals surface area contributed by atoms with Gasteiger partial charge in [0.1, 0.15) is 0 Å². The van der Waals surface area contributed by atoms with Crippen molar-refractivity contribution in [2.24, 2.45) is 17.1 Å². The van der Waals surface area contributed by atoms with E-state index in [1.165, 1.54) is 25.7 Å². The Morgan fingerprint density at radius 3 is 2.18 bits per heavy atom. The van der Waals surface area contributed by atoms with Gasteiger partial charge in [0.15, 0.2) is 0 Å². The predicted molar refractivity (Wildman–Crippen MR) is 49.4 cm³/mol. The standard InChI is InChI=1S/C10H21N/c1-10(2,3)8-5-4-6-9(11)7-8/h8-9H,4-7,11H2,1-3H3. The molecule has 0 aliphatic heterocycles. The second kappa shape index (κ2) is 3.14. The summed E-state index contributed by atoms with van der Waals surface area (Å²) >= 11 is 0. The molecule has 0 radical (unpaired) electrons. The first-order valence-electron chi connectivity index (χ1n) is 4.76. The fourth-order valence-corrected chi connectivity index (χ4v) is 2.01. The summed E-state index contributed by atoms with van der Waals surface area (Å²) in [5, 5.41) is 0. The number of hydrogen-bond acceptors (Lipinski definition) is 1. The second-order valence-corrected chi connectivity index (χ2v) is 4.99. The zero-order chi connectivity index (χ0) is 8.48. The van der Waals surface area contributed by atoms with Crippen molar-refractivity contribution in [2.75, 3.05) is 0 Å². The first-order valence-corrected chi connectivity index (χ1v) is 4.76. The lowest BCUT2D eigenvalue weighted by Crippen LogP contribution is -2.33. The molecule has 1 heteroatoms. The van der Waals surface area contributed by atoms with Gasteiger partial charge in [-0.25, -0.2) is 0 Å². The molecule has 1 nitrogen and oxygen atoms in total. The SMILES string of the molecule is CC(C)(C)C1CCCC(N)C1. The molecule has 1 rings (SSSR count). The van der Waals surface area contributed by atoms with E-state index < -0.39 is 0 Å². The molecule has 0 heterocycles. The Labute approximate surface area is 70.4 Å². The molecule has 1 aliphatic carbocycles. The van der Waals surface area contributed by atoms with Crippen LogP contribution in [0.5, 0.6) is 0 Å². The van der Waals surface area contributed by atoms with Gasteiger partial charge in [-0.3, -0.25) is 0 Å². The van der Waals surface area contributed by atoms with Crippen molar-refractivity contribution in [3.05, 3.63) is 0 Å². The normalized spacial score (nSPS) is 33.8. The molecule has 2 atom stereocenters. The molecular formula is C10H21N. The Balaban J connectivity index is 2.46. The van der Waals surface area contributed by atoms with Crippen LogP contribution in [0, 0.1) is 11.3 Å². The quantitative estimate of drug-likeness (QED) is 0.571. The summed E-state index contributed by atoms with van der Waals surface area (Å²) in [6.45, 7) is 6.99. The van der Waals surface area contributed by atoms with Crippen LogP contribution in [0.25, 0.3) is 0 Å². The molecule has 1 saturated carbocycles. The van der Waals surface area contributed by atoms with Gasteiger partial charge in [-0.05, 0) is 30.6 Å². The molecule has 0 bridgehead atoms. The van der Waals surface area contributed by atoms with Gasteiger partial charge in [0.05, 0.1) is 0 Å². The van der Waals surface area contributed by atoms with E-state index in [9.17, 15) is 0 Å². The molecule has 66 valence electrons. The zero-order valence-corrected chi connectivity index (χ0v) is 8.06. The van der Waals surface area contributed by atoms with Crippen molar-refractivity contribution in [3.63, 3.8) is 0 Å². The summed E-state index contributed by atoms with van der Waals surface area (Å²) in [6.07, 6.45) is 5.20. The van der Waals surface area contributed by atoms with Crippen molar-refractivity contribution in [2.45, 2.75) is 52.5 Å². The molecule has 0 aromatic rings. The largest absolute Gasteiger partial charge is 0.328 e. The minimum absolute atomic E-state index is 0.470. The average Bonchev–Trinajstić information content (AvgIpc) is 1.86. The summed E-state index contributed by atoms with van der Waals surface area (Å²) in [7, 11) is 0. The van der Waals surface area contributed by atoms with E-state index in [1.807, 2.05) is 0 Å². The molecule has 11 heavy (non-hydrogen) atoms. The maximum absolute atomic E-state index is 5.92. The van der Waals surface area contributed by atoms with Gasteiger partial charge in [-0.1, -0.05) is 27.2 Å². The summed E-state index contributed by atoms with van der Waals surface area (Å²) in [5.41, 5.74) is 6.39. The summed E-state index contributed by atoms with van der Waals surface area (Å²) in [6, 6.07) is 0.480. The Kier molecular flexibility index (Phi) is 2.58. The van der Waals surface area contributed by atoms with E-state index in [4.69, 9.17) is 5.73 Å². The Bertz CT molecular complexity index is 123. The summed E-state index contributed by atoms with van der Waals surface area (Å²) in [5.74, 6) is 0.853. The lowest BCUT2D eigenvalue weighted by molar-refractivity contribution is 0.166. The Morgan fingerprint density at radius 1 is 1.18 bits per heavy atom. The minimum atomic E-state index is 0.470. The Morgan fingerprint density at radius 2 is 1.82 bits per heavy atom. The topological polar surface area (TPSA) is 26.0 Å². The van der Waals surface area contributed by atoms with Gasteiger partial charge in [0.2, 0.25) is 0 Å². The summed E-state index contributed by atoms with van der Waals surface area (Å²) in [4.78, 5) is 0. The third-order valence-corrected chi connectivity index (χ3v) is 2.94. The van der Waals surface area contributed by atoms with Crippen LogP contribution in [0.1, 0.15) is 46.5 Å². The Hall–Kier alpha value is -0.0400. The minimum Gasteiger partial charge on any atom is -0.328 e. The molecule has 0 spiro atoms. The maximum atomic E-state index is 5.92. The fraction of sp³-hybridized carbons (Fsp3) is 1.00. The predicted octanol–water partition coefficient (Wildman–Crippen LogP) is 2.55. The highest BCUT2D eigenvalue weighted by Crippen LogP contribution is 2.36. The average molecular weight is 155 g/mol. The zero-order valence-electron chi connectivity index (χ0n) is 8.06. The van der Waals surface area contributed by atoms with E-state index in [2.05, 4.69) is 20.8 Å². The molecule has 0 aromatic carbocycles. The van der Waals surface area contributed by atoms with Crippen LogP contribution in [0.15, 0.2) is 0 Å². The smallest absolute Gasteiger partial charge is 0.00416 e. The van der Waals surface area contributed by atoms with E-state index in [0.717, 1.165) is 5.92 Å². The van der Waals surface area contributed by atoms with Crippen molar-refractivity contribution >= 4 is 0 Å². The van der Waals surface area contributed by atoms with Crippen LogP contribution in [-0.4, -0.2) is 6.04 Å². The maximum Gasteiger partial charge on any atom is 0.00416 e. The van der Waals surface area contributed by atoms with Crippen molar-refractivity contribution in [1.82, 2.24) is 0 Å². The van der Waals surface area contributed by atoms with Gasteiger partial charge in [0, 0.05) is 6.04 Å². The van der Waals surface area contributed by atoms with E-state index in [1.54, 1.807) is 0 Å². The van der Waals surface area contributed by atoms with E-state index in [-0.39, 0.29) is 0 Å². The molecule has 0 saturated heterocycles. The van der Waals surface area contributed by atoms with Gasteiger partial charge in [-0.2, -0.15) is 0 Å².